The first-order chi connectivity index (χ1) is 7.62. The molecule has 88 valence electrons. The van der Waals surface area contributed by atoms with Crippen molar-refractivity contribution in [2.24, 2.45) is 17.6 Å². The average molecular weight is 218 g/mol. The molecule has 2 rings (SSSR count). The van der Waals surface area contributed by atoms with Gasteiger partial charge >= 0.3 is 0 Å². The van der Waals surface area contributed by atoms with E-state index in [0.29, 0.717) is 5.92 Å². The fourth-order valence-corrected chi connectivity index (χ4v) is 2.93. The number of rotatable bonds is 2. The molecule has 0 radical (unpaired) electrons. The molecule has 2 nitrogen and oxygen atoms in total. The Labute approximate surface area is 98.3 Å². The third kappa shape index (κ3) is 2.27. The predicted octanol–water partition coefficient (Wildman–Crippen LogP) is 2.78. The summed E-state index contributed by atoms with van der Waals surface area (Å²) >= 11 is 0. The molecule has 2 heteroatoms. The van der Waals surface area contributed by atoms with Gasteiger partial charge in [0, 0.05) is 17.9 Å². The highest BCUT2D eigenvalue weighted by Gasteiger charge is 2.37. The van der Waals surface area contributed by atoms with Crippen LogP contribution in [0.25, 0.3) is 0 Å². The van der Waals surface area contributed by atoms with E-state index in [0.717, 1.165) is 18.8 Å². The van der Waals surface area contributed by atoms with Gasteiger partial charge in [-0.05, 0) is 42.4 Å². The zero-order valence-electron chi connectivity index (χ0n) is 10.3. The summed E-state index contributed by atoms with van der Waals surface area (Å²) in [5, 5.41) is 0. The van der Waals surface area contributed by atoms with E-state index in [1.54, 1.807) is 0 Å². The van der Waals surface area contributed by atoms with E-state index in [4.69, 9.17) is 5.73 Å². The molecule has 0 aromatic carbocycles. The highest BCUT2D eigenvalue weighted by atomic mass is 14.8. The fraction of sp³-hybridized carbons (Fsp3) is 0.643. The van der Waals surface area contributed by atoms with Crippen molar-refractivity contribution in [3.63, 3.8) is 0 Å². The molecule has 0 amide bonds. The van der Waals surface area contributed by atoms with Gasteiger partial charge in [0.1, 0.15) is 0 Å². The van der Waals surface area contributed by atoms with Gasteiger partial charge in [-0.3, -0.25) is 4.98 Å². The van der Waals surface area contributed by atoms with Gasteiger partial charge in [0.15, 0.2) is 0 Å². The minimum absolute atomic E-state index is 0.0149. The molecule has 0 spiro atoms. The second-order valence-corrected chi connectivity index (χ2v) is 5.42. The van der Waals surface area contributed by atoms with Gasteiger partial charge < -0.3 is 5.73 Å². The fourth-order valence-electron chi connectivity index (χ4n) is 2.93. The molecule has 1 fully saturated rings. The van der Waals surface area contributed by atoms with Gasteiger partial charge in [0.25, 0.3) is 0 Å². The third-order valence-electron chi connectivity index (χ3n) is 4.34. The smallest absolute Gasteiger partial charge is 0.0270 e. The minimum atomic E-state index is -0.0149. The summed E-state index contributed by atoms with van der Waals surface area (Å²) in [5.41, 5.74) is 7.91. The van der Waals surface area contributed by atoms with Crippen LogP contribution in [0, 0.1) is 11.8 Å². The molecule has 0 aliphatic heterocycles. The SMILES string of the molecule is CC1CCCC(N)(Cc2ccncc2)C1C. The van der Waals surface area contributed by atoms with Crippen LogP contribution < -0.4 is 5.73 Å². The topological polar surface area (TPSA) is 38.9 Å². The Hall–Kier alpha value is -0.890. The number of aromatic nitrogens is 1. The molecule has 3 unspecified atom stereocenters. The van der Waals surface area contributed by atoms with Gasteiger partial charge in [-0.25, -0.2) is 0 Å². The van der Waals surface area contributed by atoms with Gasteiger partial charge in [0.05, 0.1) is 0 Å². The standard InChI is InChI=1S/C14H22N2/c1-11-4-3-7-14(15,12(11)2)10-13-5-8-16-9-6-13/h5-6,8-9,11-12H,3-4,7,10,15H2,1-2H3. The van der Waals surface area contributed by atoms with Crippen molar-refractivity contribution in [1.82, 2.24) is 4.98 Å². The van der Waals surface area contributed by atoms with E-state index < -0.39 is 0 Å². The molecule has 0 bridgehead atoms. The minimum Gasteiger partial charge on any atom is -0.325 e. The second-order valence-electron chi connectivity index (χ2n) is 5.42. The van der Waals surface area contributed by atoms with E-state index in [1.165, 1.54) is 18.4 Å². The van der Waals surface area contributed by atoms with Crippen LogP contribution in [0.4, 0.5) is 0 Å². The van der Waals surface area contributed by atoms with Crippen LogP contribution in [-0.4, -0.2) is 10.5 Å². The lowest BCUT2D eigenvalue weighted by molar-refractivity contribution is 0.143. The van der Waals surface area contributed by atoms with Crippen molar-refractivity contribution >= 4 is 0 Å². The Kier molecular flexibility index (Phi) is 3.29. The summed E-state index contributed by atoms with van der Waals surface area (Å²) in [5.74, 6) is 1.36. The lowest BCUT2D eigenvalue weighted by atomic mass is 9.66. The summed E-state index contributed by atoms with van der Waals surface area (Å²) in [6.45, 7) is 4.64. The maximum absolute atomic E-state index is 6.60. The normalized spacial score (nSPS) is 34.9. The zero-order chi connectivity index (χ0) is 11.6. The molecular weight excluding hydrogens is 196 g/mol. The number of nitrogens with zero attached hydrogens (tertiary/aromatic N) is 1. The molecule has 1 saturated carbocycles. The van der Waals surface area contributed by atoms with Crippen LogP contribution in [0.2, 0.25) is 0 Å². The van der Waals surface area contributed by atoms with Crippen molar-refractivity contribution in [2.45, 2.75) is 45.1 Å². The van der Waals surface area contributed by atoms with Crippen LogP contribution in [0.15, 0.2) is 24.5 Å². The summed E-state index contributed by atoms with van der Waals surface area (Å²) in [4.78, 5) is 4.05. The molecule has 1 heterocycles. The van der Waals surface area contributed by atoms with Gasteiger partial charge in [-0.2, -0.15) is 0 Å². The molecule has 0 saturated heterocycles. The van der Waals surface area contributed by atoms with Crippen LogP contribution in [0.3, 0.4) is 0 Å². The monoisotopic (exact) mass is 218 g/mol. The van der Waals surface area contributed by atoms with Crippen molar-refractivity contribution in [2.75, 3.05) is 0 Å². The highest BCUT2D eigenvalue weighted by Crippen LogP contribution is 2.37. The van der Waals surface area contributed by atoms with Crippen molar-refractivity contribution in [3.8, 4) is 0 Å². The Bertz CT molecular complexity index is 336. The Morgan fingerprint density at radius 3 is 2.75 bits per heavy atom. The molecule has 1 aliphatic rings. The highest BCUT2D eigenvalue weighted by molar-refractivity contribution is 5.15. The average Bonchev–Trinajstić information content (AvgIpc) is 2.27. The van der Waals surface area contributed by atoms with Crippen LogP contribution >= 0.6 is 0 Å². The molecule has 1 aromatic heterocycles. The van der Waals surface area contributed by atoms with E-state index in [2.05, 4.69) is 31.0 Å². The van der Waals surface area contributed by atoms with Gasteiger partial charge in [0.2, 0.25) is 0 Å². The number of pyridine rings is 1. The lowest BCUT2D eigenvalue weighted by Gasteiger charge is -2.43. The number of hydrogen-bond acceptors (Lipinski definition) is 2. The summed E-state index contributed by atoms with van der Waals surface area (Å²) in [7, 11) is 0. The maximum atomic E-state index is 6.60. The Morgan fingerprint density at radius 2 is 2.06 bits per heavy atom. The first-order valence-corrected chi connectivity index (χ1v) is 6.29. The number of hydrogen-bond donors (Lipinski definition) is 1. The third-order valence-corrected chi connectivity index (χ3v) is 4.34. The Balaban J connectivity index is 2.13. The quantitative estimate of drug-likeness (QED) is 0.829. The van der Waals surface area contributed by atoms with E-state index >= 15 is 0 Å². The Morgan fingerprint density at radius 1 is 1.38 bits per heavy atom. The van der Waals surface area contributed by atoms with Gasteiger partial charge in [-0.1, -0.05) is 26.7 Å². The predicted molar refractivity (Wildman–Crippen MR) is 67.0 cm³/mol. The lowest BCUT2D eigenvalue weighted by Crippen LogP contribution is -2.52. The molecule has 1 aromatic rings. The van der Waals surface area contributed by atoms with Crippen LogP contribution in [0.5, 0.6) is 0 Å². The first-order valence-electron chi connectivity index (χ1n) is 6.29. The second kappa shape index (κ2) is 4.54. The molecule has 3 atom stereocenters. The largest absolute Gasteiger partial charge is 0.325 e. The van der Waals surface area contributed by atoms with Crippen LogP contribution in [0.1, 0.15) is 38.7 Å². The zero-order valence-corrected chi connectivity index (χ0v) is 10.3. The molecule has 1 aliphatic carbocycles. The molecular formula is C14H22N2. The van der Waals surface area contributed by atoms with Crippen molar-refractivity contribution < 1.29 is 0 Å². The van der Waals surface area contributed by atoms with E-state index in [9.17, 15) is 0 Å². The maximum Gasteiger partial charge on any atom is 0.0270 e. The molecule has 2 N–H and O–H groups in total. The van der Waals surface area contributed by atoms with Crippen LogP contribution in [-0.2, 0) is 6.42 Å². The summed E-state index contributed by atoms with van der Waals surface area (Å²) in [6.07, 6.45) is 8.45. The van der Waals surface area contributed by atoms with E-state index in [-0.39, 0.29) is 5.54 Å². The summed E-state index contributed by atoms with van der Waals surface area (Å²) in [6, 6.07) is 4.17. The summed E-state index contributed by atoms with van der Waals surface area (Å²) < 4.78 is 0. The van der Waals surface area contributed by atoms with Crippen molar-refractivity contribution in [1.29, 1.82) is 0 Å². The number of nitrogens with two attached hydrogens (primary N) is 1. The first kappa shape index (κ1) is 11.6. The molecule has 16 heavy (non-hydrogen) atoms. The van der Waals surface area contributed by atoms with Crippen molar-refractivity contribution in [3.05, 3.63) is 30.1 Å². The van der Waals surface area contributed by atoms with E-state index in [1.807, 2.05) is 12.4 Å². The van der Waals surface area contributed by atoms with Gasteiger partial charge in [-0.15, -0.1) is 0 Å².